The van der Waals surface area contributed by atoms with Crippen molar-refractivity contribution in [3.8, 4) is 0 Å². The second kappa shape index (κ2) is 17.3. The van der Waals surface area contributed by atoms with Crippen molar-refractivity contribution in [3.63, 3.8) is 0 Å². The van der Waals surface area contributed by atoms with Crippen LogP contribution in [0.4, 0.5) is 0 Å². The number of unbranched alkanes of at least 4 members (excludes halogenated alkanes) is 5. The number of hydrogen-bond acceptors (Lipinski definition) is 6. The summed E-state index contributed by atoms with van der Waals surface area (Å²) in [6, 6.07) is -0.0219. The molecule has 6 nitrogen and oxygen atoms in total. The number of likely N-dealkylation sites (N-methyl/N-ethyl adjacent to an activating group) is 1. The molecular formula is C20H39NO5. The molecule has 0 aromatic rings. The van der Waals surface area contributed by atoms with Gasteiger partial charge in [0.1, 0.15) is 6.61 Å². The Morgan fingerprint density at radius 1 is 0.885 bits per heavy atom. The molecule has 154 valence electrons. The molecule has 1 N–H and O–H groups in total. The van der Waals surface area contributed by atoms with Crippen molar-refractivity contribution < 1.29 is 23.8 Å². The van der Waals surface area contributed by atoms with Gasteiger partial charge in [0.2, 0.25) is 0 Å². The van der Waals surface area contributed by atoms with Crippen LogP contribution < -0.4 is 5.32 Å². The molecule has 0 bridgehead atoms. The van der Waals surface area contributed by atoms with Crippen molar-refractivity contribution in [1.82, 2.24) is 5.32 Å². The maximum absolute atomic E-state index is 12.0. The number of rotatable bonds is 17. The molecule has 6 heteroatoms. The van der Waals surface area contributed by atoms with Crippen molar-refractivity contribution in [2.24, 2.45) is 5.92 Å². The molecule has 0 saturated carbocycles. The predicted octanol–water partition coefficient (Wildman–Crippen LogP) is 3.47. The van der Waals surface area contributed by atoms with Crippen LogP contribution in [0.5, 0.6) is 0 Å². The number of methoxy groups -OCH3 is 1. The highest BCUT2D eigenvalue weighted by Gasteiger charge is 2.19. The number of ether oxygens (including phenoxy) is 3. The second-order valence-electron chi connectivity index (χ2n) is 6.79. The Morgan fingerprint density at radius 3 is 2.08 bits per heavy atom. The molecule has 0 rings (SSSR count). The fraction of sp³-hybridized carbons (Fsp3) is 0.900. The van der Waals surface area contributed by atoms with E-state index in [-0.39, 0.29) is 43.3 Å². The van der Waals surface area contributed by atoms with E-state index in [2.05, 4.69) is 12.2 Å². The van der Waals surface area contributed by atoms with Gasteiger partial charge in [-0.2, -0.15) is 0 Å². The molecule has 0 spiro atoms. The highest BCUT2D eigenvalue weighted by Crippen LogP contribution is 2.15. The Hall–Kier alpha value is -1.14. The molecule has 0 radical (unpaired) electrons. The molecule has 26 heavy (non-hydrogen) atoms. The number of nitrogens with one attached hydrogen (secondary N) is 1. The highest BCUT2D eigenvalue weighted by atomic mass is 16.5. The lowest BCUT2D eigenvalue weighted by molar-refractivity contribution is -0.148. The lowest BCUT2D eigenvalue weighted by atomic mass is 9.99. The fourth-order valence-electron chi connectivity index (χ4n) is 2.63. The van der Waals surface area contributed by atoms with Crippen LogP contribution in [0, 0.1) is 5.92 Å². The van der Waals surface area contributed by atoms with Crippen LogP contribution in [0.25, 0.3) is 0 Å². The first-order valence-corrected chi connectivity index (χ1v) is 10.0. The van der Waals surface area contributed by atoms with Crippen LogP contribution in [0.1, 0.15) is 71.6 Å². The molecule has 0 saturated heterocycles. The van der Waals surface area contributed by atoms with Crippen LogP contribution in [0.2, 0.25) is 0 Å². The Balaban J connectivity index is 3.91. The number of hydrogen-bond donors (Lipinski definition) is 1. The minimum absolute atomic E-state index is 0.0219. The summed E-state index contributed by atoms with van der Waals surface area (Å²) in [4.78, 5) is 23.9. The van der Waals surface area contributed by atoms with Gasteiger partial charge in [-0.25, -0.2) is 0 Å². The summed E-state index contributed by atoms with van der Waals surface area (Å²) >= 11 is 0. The highest BCUT2D eigenvalue weighted by molar-refractivity contribution is 5.73. The van der Waals surface area contributed by atoms with Gasteiger partial charge in [0.05, 0.1) is 19.3 Å². The number of carbonyl (C=O) groups excluding carboxylic acids is 2. The van der Waals surface area contributed by atoms with Crippen molar-refractivity contribution in [2.45, 2.75) is 77.7 Å². The molecule has 0 aromatic heterocycles. The summed E-state index contributed by atoms with van der Waals surface area (Å²) in [7, 11) is 3.41. The third-order valence-corrected chi connectivity index (χ3v) is 4.47. The van der Waals surface area contributed by atoms with Crippen molar-refractivity contribution in [1.29, 1.82) is 0 Å². The van der Waals surface area contributed by atoms with Gasteiger partial charge < -0.3 is 19.5 Å². The summed E-state index contributed by atoms with van der Waals surface area (Å²) in [6.45, 7) is 5.39. The molecule has 0 aliphatic heterocycles. The first-order valence-electron chi connectivity index (χ1n) is 10.0. The van der Waals surface area contributed by atoms with E-state index >= 15 is 0 Å². The van der Waals surface area contributed by atoms with Gasteiger partial charge in [0.25, 0.3) is 0 Å². The maximum Gasteiger partial charge on any atom is 0.306 e. The lowest BCUT2D eigenvalue weighted by Gasteiger charge is -2.17. The third kappa shape index (κ3) is 14.1. The predicted molar refractivity (Wildman–Crippen MR) is 103 cm³/mol. The molecule has 0 aliphatic rings. The zero-order valence-electron chi connectivity index (χ0n) is 17.2. The lowest BCUT2D eigenvalue weighted by Crippen LogP contribution is -2.35. The van der Waals surface area contributed by atoms with E-state index in [1.807, 2.05) is 6.92 Å². The summed E-state index contributed by atoms with van der Waals surface area (Å²) in [5.41, 5.74) is 0. The Morgan fingerprint density at radius 2 is 1.50 bits per heavy atom. The Kier molecular flexibility index (Phi) is 16.5. The quantitative estimate of drug-likeness (QED) is 0.311. The number of esters is 2. The van der Waals surface area contributed by atoms with E-state index in [0.717, 1.165) is 19.3 Å². The molecule has 2 atom stereocenters. The first-order chi connectivity index (χ1) is 12.6. The second-order valence-corrected chi connectivity index (χ2v) is 6.79. The van der Waals surface area contributed by atoms with Gasteiger partial charge >= 0.3 is 11.9 Å². The van der Waals surface area contributed by atoms with E-state index in [4.69, 9.17) is 14.2 Å². The smallest absolute Gasteiger partial charge is 0.306 e. The SMILES string of the molecule is CCCCCCCCOC(=O)CC(CC)CC(=O)OCC(COC)NC. The van der Waals surface area contributed by atoms with Gasteiger partial charge in [0.15, 0.2) is 0 Å². The minimum Gasteiger partial charge on any atom is -0.466 e. The molecule has 0 aliphatic carbocycles. The van der Waals surface area contributed by atoms with Crippen LogP contribution in [0.15, 0.2) is 0 Å². The largest absolute Gasteiger partial charge is 0.466 e. The Bertz CT molecular complexity index is 362. The fourth-order valence-corrected chi connectivity index (χ4v) is 2.63. The Labute approximate surface area is 159 Å². The normalized spacial score (nSPS) is 13.2. The van der Waals surface area contributed by atoms with Gasteiger partial charge in [-0.3, -0.25) is 9.59 Å². The van der Waals surface area contributed by atoms with Crippen LogP contribution in [-0.4, -0.2) is 52.0 Å². The molecule has 0 amide bonds. The van der Waals surface area contributed by atoms with Crippen molar-refractivity contribution in [2.75, 3.05) is 34.0 Å². The van der Waals surface area contributed by atoms with Gasteiger partial charge in [0, 0.05) is 20.0 Å². The van der Waals surface area contributed by atoms with Gasteiger partial charge in [-0.05, 0) is 19.4 Å². The first kappa shape index (κ1) is 24.9. The zero-order chi connectivity index (χ0) is 19.6. The summed E-state index contributed by atoms with van der Waals surface area (Å²) < 4.78 is 15.6. The van der Waals surface area contributed by atoms with E-state index < -0.39 is 0 Å². The van der Waals surface area contributed by atoms with E-state index in [1.54, 1.807) is 14.2 Å². The summed E-state index contributed by atoms with van der Waals surface area (Å²) in [5, 5.41) is 3.03. The minimum atomic E-state index is -0.281. The van der Waals surface area contributed by atoms with Crippen molar-refractivity contribution in [3.05, 3.63) is 0 Å². The molecule has 0 aromatic carbocycles. The van der Waals surface area contributed by atoms with Gasteiger partial charge in [-0.1, -0.05) is 52.4 Å². The summed E-state index contributed by atoms with van der Waals surface area (Å²) in [6.07, 6.45) is 8.24. The summed E-state index contributed by atoms with van der Waals surface area (Å²) in [5.74, 6) is -0.530. The van der Waals surface area contributed by atoms with E-state index in [9.17, 15) is 9.59 Å². The molecule has 2 unspecified atom stereocenters. The van der Waals surface area contributed by atoms with Crippen molar-refractivity contribution >= 4 is 11.9 Å². The molecular weight excluding hydrogens is 334 g/mol. The zero-order valence-corrected chi connectivity index (χ0v) is 17.2. The topological polar surface area (TPSA) is 73.9 Å². The average Bonchev–Trinajstić information content (AvgIpc) is 2.63. The average molecular weight is 374 g/mol. The van der Waals surface area contributed by atoms with Crippen LogP contribution >= 0.6 is 0 Å². The molecule has 0 fully saturated rings. The molecule has 0 heterocycles. The van der Waals surface area contributed by atoms with Crippen LogP contribution in [-0.2, 0) is 23.8 Å². The third-order valence-electron chi connectivity index (χ3n) is 4.47. The maximum atomic E-state index is 12.0. The van der Waals surface area contributed by atoms with E-state index in [1.165, 1.54) is 25.7 Å². The standard InChI is InChI=1S/C20H39NO5/c1-5-7-8-9-10-11-12-25-19(22)13-17(6-2)14-20(23)26-16-18(21-3)15-24-4/h17-18,21H,5-16H2,1-4H3. The monoisotopic (exact) mass is 373 g/mol. The van der Waals surface area contributed by atoms with Gasteiger partial charge in [-0.15, -0.1) is 0 Å². The van der Waals surface area contributed by atoms with Crippen LogP contribution in [0.3, 0.4) is 0 Å². The van der Waals surface area contributed by atoms with E-state index in [0.29, 0.717) is 13.2 Å². The number of carbonyl (C=O) groups is 2.